The maximum atomic E-state index is 11.3. The predicted molar refractivity (Wildman–Crippen MR) is 193 cm³/mol. The number of carboxylic acids is 2. The molecule has 0 amide bonds. The van der Waals surface area contributed by atoms with Crippen molar-refractivity contribution in [3.63, 3.8) is 0 Å². The van der Waals surface area contributed by atoms with Crippen LogP contribution >= 0.6 is 0 Å². The minimum atomic E-state index is -0.573. The summed E-state index contributed by atoms with van der Waals surface area (Å²) in [5.74, 6) is -1.33. The summed E-state index contributed by atoms with van der Waals surface area (Å²) in [6, 6.07) is 0. The molecule has 0 aliphatic carbocycles. The summed E-state index contributed by atoms with van der Waals surface area (Å²) < 4.78 is 0. The molecule has 264 valence electrons. The Morgan fingerprint density at radius 1 is 0.318 bits per heavy atom. The molecule has 0 bridgehead atoms. The molecular formula is C40H80O4. The van der Waals surface area contributed by atoms with Crippen LogP contribution in [-0.4, -0.2) is 22.2 Å². The van der Waals surface area contributed by atoms with E-state index in [0.29, 0.717) is 0 Å². The zero-order valence-electron chi connectivity index (χ0n) is 30.5. The van der Waals surface area contributed by atoms with Gasteiger partial charge in [-0.2, -0.15) is 0 Å². The molecule has 0 heterocycles. The van der Waals surface area contributed by atoms with Gasteiger partial charge in [0.2, 0.25) is 0 Å². The average Bonchev–Trinajstić information content (AvgIpc) is 3.01. The number of carboxylic acid groups (broad SMARTS) is 2. The van der Waals surface area contributed by atoms with Crippen molar-refractivity contribution in [2.24, 2.45) is 11.8 Å². The Morgan fingerprint density at radius 2 is 0.477 bits per heavy atom. The molecule has 0 aliphatic heterocycles. The number of hydrogen-bond acceptors (Lipinski definition) is 2. The second-order valence-electron chi connectivity index (χ2n) is 13.7. The predicted octanol–water partition coefficient (Wildman–Crippen LogP) is 13.9. The fourth-order valence-corrected chi connectivity index (χ4v) is 6.17. The normalized spacial score (nSPS) is 12.5. The van der Waals surface area contributed by atoms with Crippen LogP contribution in [-0.2, 0) is 9.59 Å². The summed E-state index contributed by atoms with van der Waals surface area (Å²) in [5, 5.41) is 18.6. The van der Waals surface area contributed by atoms with Crippen LogP contribution in [0.2, 0.25) is 0 Å². The smallest absolute Gasteiger partial charge is 0.306 e. The average molecular weight is 625 g/mol. The third-order valence-corrected chi connectivity index (χ3v) is 9.32. The van der Waals surface area contributed by atoms with E-state index in [1.54, 1.807) is 0 Å². The van der Waals surface area contributed by atoms with E-state index < -0.39 is 11.9 Å². The fraction of sp³-hybridized carbons (Fsp3) is 0.950. The third-order valence-electron chi connectivity index (χ3n) is 9.32. The number of carbonyl (C=O) groups is 2. The van der Waals surface area contributed by atoms with Gasteiger partial charge >= 0.3 is 11.9 Å². The molecule has 44 heavy (non-hydrogen) atoms. The van der Waals surface area contributed by atoms with E-state index in [0.717, 1.165) is 51.4 Å². The molecule has 0 aromatic heterocycles. The second-order valence-corrected chi connectivity index (χ2v) is 13.7. The van der Waals surface area contributed by atoms with Crippen LogP contribution in [0.3, 0.4) is 0 Å². The molecule has 4 nitrogen and oxygen atoms in total. The lowest BCUT2D eigenvalue weighted by atomic mass is 9.94. The Bertz CT molecular complexity index is 526. The minimum absolute atomic E-state index is 0.0914. The summed E-state index contributed by atoms with van der Waals surface area (Å²) >= 11 is 0. The summed E-state index contributed by atoms with van der Waals surface area (Å²) in [5.41, 5.74) is 0. The van der Waals surface area contributed by atoms with Crippen molar-refractivity contribution in [3.8, 4) is 0 Å². The van der Waals surface area contributed by atoms with Crippen LogP contribution in [0.5, 0.6) is 0 Å². The molecule has 0 fully saturated rings. The lowest BCUT2D eigenvalue weighted by molar-refractivity contribution is -0.143. The first-order valence-electron chi connectivity index (χ1n) is 19.9. The molecule has 0 saturated heterocycles. The van der Waals surface area contributed by atoms with Gasteiger partial charge in [0.15, 0.2) is 0 Å². The van der Waals surface area contributed by atoms with Crippen LogP contribution in [0.1, 0.15) is 233 Å². The first kappa shape index (κ1) is 45.1. The Kier molecular flexibility index (Phi) is 39.0. The van der Waals surface area contributed by atoms with Crippen molar-refractivity contribution < 1.29 is 19.8 Å². The third kappa shape index (κ3) is 35.4. The fourth-order valence-electron chi connectivity index (χ4n) is 6.17. The molecule has 2 N–H and O–H groups in total. The molecule has 0 aliphatic rings. The van der Waals surface area contributed by atoms with Gasteiger partial charge in [-0.15, -0.1) is 0 Å². The van der Waals surface area contributed by atoms with Gasteiger partial charge in [-0.1, -0.05) is 207 Å². The van der Waals surface area contributed by atoms with Gasteiger partial charge in [-0.25, -0.2) is 0 Å². The highest BCUT2D eigenvalue weighted by Crippen LogP contribution is 2.21. The highest BCUT2D eigenvalue weighted by Gasteiger charge is 2.17. The number of aliphatic carboxylic acids is 2. The summed E-state index contributed by atoms with van der Waals surface area (Å²) in [6.07, 6.45) is 39.1. The largest absolute Gasteiger partial charge is 0.481 e. The van der Waals surface area contributed by atoms with E-state index in [9.17, 15) is 19.8 Å². The molecule has 0 aromatic carbocycles. The van der Waals surface area contributed by atoms with Gasteiger partial charge in [0.05, 0.1) is 11.8 Å². The van der Waals surface area contributed by atoms with Crippen LogP contribution in [0.15, 0.2) is 0 Å². The highest BCUT2D eigenvalue weighted by molar-refractivity contribution is 5.70. The van der Waals surface area contributed by atoms with Gasteiger partial charge < -0.3 is 10.2 Å². The van der Waals surface area contributed by atoms with Crippen LogP contribution in [0.4, 0.5) is 0 Å². The molecule has 0 aromatic rings. The first-order valence-corrected chi connectivity index (χ1v) is 19.9. The van der Waals surface area contributed by atoms with Crippen molar-refractivity contribution >= 4 is 11.9 Å². The topological polar surface area (TPSA) is 74.6 Å². The van der Waals surface area contributed by atoms with E-state index in [4.69, 9.17) is 0 Å². The van der Waals surface area contributed by atoms with Gasteiger partial charge in [-0.3, -0.25) is 9.59 Å². The molecule has 0 radical (unpaired) electrons. The Hall–Kier alpha value is -1.06. The van der Waals surface area contributed by atoms with E-state index in [1.165, 1.54) is 154 Å². The van der Waals surface area contributed by atoms with Crippen molar-refractivity contribution in [1.29, 1.82) is 0 Å². The molecule has 0 spiro atoms. The molecule has 2 unspecified atom stereocenters. The van der Waals surface area contributed by atoms with Gasteiger partial charge in [-0.05, 0) is 25.7 Å². The number of unbranched alkanes of at least 4 members (excludes halogenated alkanes) is 24. The minimum Gasteiger partial charge on any atom is -0.481 e. The maximum absolute atomic E-state index is 11.3. The SMILES string of the molecule is CCCCCCCCCCC(CCCCCCCC)C(=O)O.CCCCCCCCCCC(CCCCCCCC)C(=O)O. The summed E-state index contributed by atoms with van der Waals surface area (Å²) in [6.45, 7) is 8.94. The lowest BCUT2D eigenvalue weighted by Crippen LogP contribution is -2.13. The van der Waals surface area contributed by atoms with Crippen LogP contribution in [0, 0.1) is 11.8 Å². The van der Waals surface area contributed by atoms with Crippen molar-refractivity contribution in [3.05, 3.63) is 0 Å². The van der Waals surface area contributed by atoms with E-state index >= 15 is 0 Å². The van der Waals surface area contributed by atoms with Crippen LogP contribution in [0.25, 0.3) is 0 Å². The zero-order chi connectivity index (χ0) is 32.9. The van der Waals surface area contributed by atoms with E-state index in [-0.39, 0.29) is 11.8 Å². The molecule has 4 heteroatoms. The summed E-state index contributed by atoms with van der Waals surface area (Å²) in [7, 11) is 0. The van der Waals surface area contributed by atoms with E-state index in [1.807, 2.05) is 0 Å². The molecule has 2 atom stereocenters. The molecule has 0 rings (SSSR count). The van der Waals surface area contributed by atoms with E-state index in [2.05, 4.69) is 27.7 Å². The van der Waals surface area contributed by atoms with Crippen molar-refractivity contribution in [2.45, 2.75) is 233 Å². The van der Waals surface area contributed by atoms with Gasteiger partial charge in [0.25, 0.3) is 0 Å². The lowest BCUT2D eigenvalue weighted by Gasteiger charge is -2.12. The Balaban J connectivity index is 0. The van der Waals surface area contributed by atoms with Crippen molar-refractivity contribution in [2.75, 3.05) is 0 Å². The zero-order valence-corrected chi connectivity index (χ0v) is 30.5. The van der Waals surface area contributed by atoms with Gasteiger partial charge in [0, 0.05) is 0 Å². The summed E-state index contributed by atoms with van der Waals surface area (Å²) in [4.78, 5) is 22.6. The maximum Gasteiger partial charge on any atom is 0.306 e. The second kappa shape index (κ2) is 38.1. The molecule has 0 saturated carbocycles. The highest BCUT2D eigenvalue weighted by atomic mass is 16.4. The number of rotatable bonds is 34. The quantitative estimate of drug-likeness (QED) is 0.0698. The standard InChI is InChI=1S/2C20H40O2/c2*1-3-5-7-9-11-12-14-16-18-19(20(21)22)17-15-13-10-8-6-4-2/h2*19H,3-18H2,1-2H3,(H,21,22). The van der Waals surface area contributed by atoms with Crippen molar-refractivity contribution in [1.82, 2.24) is 0 Å². The molecular weight excluding hydrogens is 544 g/mol. The Morgan fingerprint density at radius 3 is 0.636 bits per heavy atom. The van der Waals surface area contributed by atoms with Crippen LogP contribution < -0.4 is 0 Å². The van der Waals surface area contributed by atoms with Gasteiger partial charge in [0.1, 0.15) is 0 Å². The first-order chi connectivity index (χ1) is 21.4. The Labute approximate surface area is 276 Å². The monoisotopic (exact) mass is 625 g/mol. The number of hydrogen-bond donors (Lipinski definition) is 2.